The normalized spacial score (nSPS) is 17.7. The minimum Gasteiger partial charge on any atom is -0.495 e. The molecule has 0 radical (unpaired) electrons. The minimum absolute atomic E-state index is 0.0102. The second-order valence-electron chi connectivity index (χ2n) is 8.30. The maximum atomic E-state index is 13.3. The molecule has 32 heavy (non-hydrogen) atoms. The number of nitrogens with one attached hydrogen (secondary N) is 1. The first-order valence-electron chi connectivity index (χ1n) is 10.8. The summed E-state index contributed by atoms with van der Waals surface area (Å²) in [6.45, 7) is 1.95. The second-order valence-corrected chi connectivity index (χ2v) is 10.7. The van der Waals surface area contributed by atoms with Crippen LogP contribution in [-0.2, 0) is 10.0 Å². The first kappa shape index (κ1) is 22.9. The highest BCUT2D eigenvalue weighted by atomic mass is 35.5. The summed E-state index contributed by atoms with van der Waals surface area (Å²) < 4.78 is 33.0. The molecule has 1 aliphatic carbocycles. The van der Waals surface area contributed by atoms with E-state index in [2.05, 4.69) is 10.2 Å². The van der Waals surface area contributed by atoms with E-state index < -0.39 is 10.0 Å². The summed E-state index contributed by atoms with van der Waals surface area (Å²) in [7, 11) is -0.994. The number of halogens is 1. The van der Waals surface area contributed by atoms with Crippen molar-refractivity contribution in [2.75, 3.05) is 31.6 Å². The topological polar surface area (TPSA) is 78.9 Å². The SMILES string of the molecule is COc1ccccc1N(C)S(=O)(=O)c1ccc(Cl)c(C(=O)NC2CCN(C3CC3)CC2)c1. The van der Waals surface area contributed by atoms with Crippen LogP contribution in [0.4, 0.5) is 5.69 Å². The van der Waals surface area contributed by atoms with Gasteiger partial charge < -0.3 is 15.0 Å². The minimum atomic E-state index is -3.93. The fourth-order valence-corrected chi connectivity index (χ4v) is 5.56. The van der Waals surface area contributed by atoms with E-state index in [1.165, 1.54) is 45.2 Å². The molecular formula is C23H28ClN3O4S. The fourth-order valence-electron chi connectivity index (χ4n) is 4.13. The van der Waals surface area contributed by atoms with Crippen molar-refractivity contribution in [1.29, 1.82) is 0 Å². The predicted octanol–water partition coefficient (Wildman–Crippen LogP) is 3.53. The summed E-state index contributed by atoms with van der Waals surface area (Å²) in [6, 6.07) is 11.8. The standard InChI is InChI=1S/C23H28ClN3O4S/c1-26(21-5-3-4-6-22(21)31-2)32(29,30)18-9-10-20(24)19(15-18)23(28)25-16-11-13-27(14-12-16)17-7-8-17/h3-6,9-10,15-17H,7-8,11-14H2,1-2H3,(H,25,28). The number of sulfonamides is 1. The molecule has 0 bridgehead atoms. The van der Waals surface area contributed by atoms with E-state index in [0.29, 0.717) is 11.4 Å². The van der Waals surface area contributed by atoms with Crippen LogP contribution in [0.5, 0.6) is 5.75 Å². The molecule has 1 aliphatic heterocycles. The Bertz CT molecular complexity index is 1100. The van der Waals surface area contributed by atoms with Gasteiger partial charge in [-0.25, -0.2) is 8.42 Å². The number of amides is 1. The molecule has 0 aromatic heterocycles. The predicted molar refractivity (Wildman–Crippen MR) is 125 cm³/mol. The molecule has 9 heteroatoms. The van der Waals surface area contributed by atoms with Crippen LogP contribution in [0.15, 0.2) is 47.4 Å². The van der Waals surface area contributed by atoms with Crippen molar-refractivity contribution in [3.8, 4) is 5.75 Å². The largest absolute Gasteiger partial charge is 0.495 e. The van der Waals surface area contributed by atoms with Gasteiger partial charge in [0, 0.05) is 32.2 Å². The van der Waals surface area contributed by atoms with Crippen molar-refractivity contribution in [1.82, 2.24) is 10.2 Å². The summed E-state index contributed by atoms with van der Waals surface area (Å²) in [5.41, 5.74) is 0.559. The smallest absolute Gasteiger partial charge is 0.264 e. The van der Waals surface area contributed by atoms with Gasteiger partial charge in [0.05, 0.1) is 28.3 Å². The highest BCUT2D eigenvalue weighted by molar-refractivity contribution is 7.92. The number of anilines is 1. The third-order valence-electron chi connectivity index (χ3n) is 6.19. The third-order valence-corrected chi connectivity index (χ3v) is 8.29. The zero-order valence-electron chi connectivity index (χ0n) is 18.3. The van der Waals surface area contributed by atoms with Gasteiger partial charge in [-0.05, 0) is 56.0 Å². The molecule has 1 amide bonds. The second kappa shape index (κ2) is 9.29. The van der Waals surface area contributed by atoms with Gasteiger partial charge in [0.15, 0.2) is 0 Å². The molecule has 2 fully saturated rings. The van der Waals surface area contributed by atoms with Crippen LogP contribution in [0.1, 0.15) is 36.0 Å². The van der Waals surface area contributed by atoms with Crippen LogP contribution in [0.25, 0.3) is 0 Å². The molecule has 1 saturated carbocycles. The Morgan fingerprint density at radius 1 is 1.12 bits per heavy atom. The molecule has 4 rings (SSSR count). The van der Waals surface area contributed by atoms with Crippen molar-refractivity contribution in [3.05, 3.63) is 53.1 Å². The molecule has 0 unspecified atom stereocenters. The quantitative estimate of drug-likeness (QED) is 0.660. The van der Waals surface area contributed by atoms with Crippen LogP contribution in [0.2, 0.25) is 5.02 Å². The van der Waals surface area contributed by atoms with E-state index in [4.69, 9.17) is 16.3 Å². The number of piperidine rings is 1. The molecule has 1 saturated heterocycles. The molecule has 2 aliphatic rings. The van der Waals surface area contributed by atoms with Crippen molar-refractivity contribution in [2.45, 2.75) is 42.7 Å². The van der Waals surface area contributed by atoms with Crippen LogP contribution in [0.3, 0.4) is 0 Å². The van der Waals surface area contributed by atoms with Crippen LogP contribution < -0.4 is 14.4 Å². The summed E-state index contributed by atoms with van der Waals surface area (Å²) in [5.74, 6) is 0.0833. The lowest BCUT2D eigenvalue weighted by atomic mass is 10.0. The van der Waals surface area contributed by atoms with Crippen molar-refractivity contribution in [3.63, 3.8) is 0 Å². The molecule has 0 spiro atoms. The number of hydrogen-bond donors (Lipinski definition) is 1. The van der Waals surface area contributed by atoms with Gasteiger partial charge in [-0.3, -0.25) is 9.10 Å². The van der Waals surface area contributed by atoms with Gasteiger partial charge in [-0.1, -0.05) is 23.7 Å². The lowest BCUT2D eigenvalue weighted by molar-refractivity contribution is 0.0909. The number of methoxy groups -OCH3 is 1. The molecule has 1 heterocycles. The van der Waals surface area contributed by atoms with Crippen molar-refractivity contribution >= 4 is 33.2 Å². The fraction of sp³-hybridized carbons (Fsp3) is 0.435. The maximum Gasteiger partial charge on any atom is 0.264 e. The van der Waals surface area contributed by atoms with Gasteiger partial charge in [-0.15, -0.1) is 0 Å². The van der Waals surface area contributed by atoms with Gasteiger partial charge >= 0.3 is 0 Å². The monoisotopic (exact) mass is 477 g/mol. The number of likely N-dealkylation sites (tertiary alicyclic amines) is 1. The molecule has 1 N–H and O–H groups in total. The summed E-state index contributed by atoms with van der Waals surface area (Å²) >= 11 is 6.28. The number of ether oxygens (including phenoxy) is 1. The highest BCUT2D eigenvalue weighted by Gasteiger charge is 2.32. The average Bonchev–Trinajstić information content (AvgIpc) is 3.64. The van der Waals surface area contributed by atoms with E-state index in [-0.39, 0.29) is 27.4 Å². The third kappa shape index (κ3) is 4.72. The summed E-state index contributed by atoms with van der Waals surface area (Å²) in [4.78, 5) is 15.4. The molecule has 2 aromatic carbocycles. The van der Waals surface area contributed by atoms with E-state index in [9.17, 15) is 13.2 Å². The number of carbonyl (C=O) groups is 1. The number of rotatable bonds is 7. The van der Waals surface area contributed by atoms with E-state index in [1.807, 2.05) is 0 Å². The highest BCUT2D eigenvalue weighted by Crippen LogP contribution is 2.32. The molecule has 2 aromatic rings. The Labute approximate surface area is 194 Å². The summed E-state index contributed by atoms with van der Waals surface area (Å²) in [5, 5.41) is 3.25. The molecule has 0 atom stereocenters. The number of benzene rings is 2. The molecule has 172 valence electrons. The van der Waals surface area contributed by atoms with Crippen LogP contribution in [0, 0.1) is 0 Å². The Hall–Kier alpha value is -2.29. The van der Waals surface area contributed by atoms with Crippen LogP contribution >= 0.6 is 11.6 Å². The number of para-hydroxylation sites is 2. The van der Waals surface area contributed by atoms with Gasteiger partial charge in [0.2, 0.25) is 0 Å². The first-order valence-corrected chi connectivity index (χ1v) is 12.6. The van der Waals surface area contributed by atoms with Crippen molar-refractivity contribution < 1.29 is 17.9 Å². The van der Waals surface area contributed by atoms with E-state index in [0.717, 1.165) is 36.3 Å². The van der Waals surface area contributed by atoms with E-state index >= 15 is 0 Å². The lowest BCUT2D eigenvalue weighted by Gasteiger charge is -2.32. The Morgan fingerprint density at radius 3 is 2.47 bits per heavy atom. The Kier molecular flexibility index (Phi) is 6.65. The number of hydrogen-bond acceptors (Lipinski definition) is 5. The van der Waals surface area contributed by atoms with E-state index in [1.54, 1.807) is 24.3 Å². The Morgan fingerprint density at radius 2 is 1.81 bits per heavy atom. The van der Waals surface area contributed by atoms with Gasteiger partial charge in [-0.2, -0.15) is 0 Å². The zero-order valence-corrected chi connectivity index (χ0v) is 19.8. The number of nitrogens with zero attached hydrogens (tertiary/aromatic N) is 2. The van der Waals surface area contributed by atoms with Gasteiger partial charge in [0.25, 0.3) is 15.9 Å². The Balaban J connectivity index is 1.52. The lowest BCUT2D eigenvalue weighted by Crippen LogP contribution is -2.45. The maximum absolute atomic E-state index is 13.3. The molecular weight excluding hydrogens is 450 g/mol. The first-order chi connectivity index (χ1) is 15.3. The van der Waals surface area contributed by atoms with Gasteiger partial charge in [0.1, 0.15) is 5.75 Å². The molecule has 7 nitrogen and oxygen atoms in total. The average molecular weight is 478 g/mol. The zero-order chi connectivity index (χ0) is 22.9. The summed E-state index contributed by atoms with van der Waals surface area (Å²) in [6.07, 6.45) is 4.32. The number of carbonyl (C=O) groups excluding carboxylic acids is 1. The van der Waals surface area contributed by atoms with Crippen molar-refractivity contribution in [2.24, 2.45) is 0 Å². The van der Waals surface area contributed by atoms with Crippen LogP contribution in [-0.4, -0.2) is 58.6 Å².